The van der Waals surface area contributed by atoms with Gasteiger partial charge in [0.15, 0.2) is 5.76 Å². The van der Waals surface area contributed by atoms with Crippen molar-refractivity contribution in [3.8, 4) is 10.6 Å². The number of carbonyl (C=O) groups is 1. The molecule has 7 heteroatoms. The minimum absolute atomic E-state index is 0.0338. The number of rotatable bonds is 11. The second-order valence-electron chi connectivity index (χ2n) is 8.33. The Labute approximate surface area is 193 Å². The van der Waals surface area contributed by atoms with Crippen molar-refractivity contribution in [2.24, 2.45) is 5.92 Å². The molecule has 0 unspecified atom stereocenters. The van der Waals surface area contributed by atoms with Gasteiger partial charge in [-0.2, -0.15) is 0 Å². The molecule has 0 spiro atoms. The summed E-state index contributed by atoms with van der Waals surface area (Å²) in [6.07, 6.45) is 4.66. The van der Waals surface area contributed by atoms with Crippen LogP contribution in [0, 0.1) is 5.92 Å². The molecule has 170 valence electrons. The first-order valence-corrected chi connectivity index (χ1v) is 12.2. The molecule has 1 amide bonds. The van der Waals surface area contributed by atoms with Crippen molar-refractivity contribution in [3.05, 3.63) is 65.2 Å². The Morgan fingerprint density at radius 1 is 1.19 bits per heavy atom. The molecule has 1 saturated heterocycles. The van der Waals surface area contributed by atoms with Gasteiger partial charge in [0.1, 0.15) is 12.3 Å². The van der Waals surface area contributed by atoms with Crippen LogP contribution in [0.5, 0.6) is 0 Å². The number of thiophene rings is 1. The summed E-state index contributed by atoms with van der Waals surface area (Å²) < 4.78 is 10.8. The van der Waals surface area contributed by atoms with Gasteiger partial charge in [-0.3, -0.25) is 4.79 Å². The maximum absolute atomic E-state index is 12.0. The van der Waals surface area contributed by atoms with Gasteiger partial charge in [0.2, 0.25) is 5.91 Å². The lowest BCUT2D eigenvalue weighted by Crippen LogP contribution is -2.37. The predicted molar refractivity (Wildman–Crippen MR) is 126 cm³/mol. The molecule has 0 atom stereocenters. The Kier molecular flexibility index (Phi) is 8.48. The molecule has 4 rings (SSSR count). The van der Waals surface area contributed by atoms with Crippen LogP contribution in [-0.4, -0.2) is 48.7 Å². The number of carbonyl (C=O) groups excluding carboxylic acids is 1. The Hall–Kier alpha value is -2.48. The lowest BCUT2D eigenvalue weighted by atomic mass is 9.90. The monoisotopic (exact) mass is 453 g/mol. The van der Waals surface area contributed by atoms with Gasteiger partial charge in [0.05, 0.1) is 11.5 Å². The van der Waals surface area contributed by atoms with Crippen LogP contribution in [0.15, 0.2) is 58.4 Å². The van der Waals surface area contributed by atoms with E-state index in [1.165, 1.54) is 24.8 Å². The summed E-state index contributed by atoms with van der Waals surface area (Å²) in [4.78, 5) is 15.5. The third-order valence-corrected chi connectivity index (χ3v) is 6.74. The molecular weight excluding hydrogens is 422 g/mol. The number of nitrogens with zero attached hydrogens (tertiary/aromatic N) is 2. The van der Waals surface area contributed by atoms with Crippen molar-refractivity contribution in [1.29, 1.82) is 0 Å². The molecule has 3 heterocycles. The van der Waals surface area contributed by atoms with Gasteiger partial charge in [0.25, 0.3) is 0 Å². The van der Waals surface area contributed by atoms with E-state index >= 15 is 0 Å². The van der Waals surface area contributed by atoms with Crippen LogP contribution in [0.1, 0.15) is 30.5 Å². The van der Waals surface area contributed by atoms with Crippen LogP contribution < -0.4 is 5.32 Å². The lowest BCUT2D eigenvalue weighted by Gasteiger charge is -2.32. The van der Waals surface area contributed by atoms with E-state index in [9.17, 15) is 4.79 Å². The average Bonchev–Trinajstić information content (AvgIpc) is 3.51. The largest absolute Gasteiger partial charge is 0.365 e. The molecule has 6 nitrogen and oxygen atoms in total. The van der Waals surface area contributed by atoms with Crippen LogP contribution >= 0.6 is 11.3 Å². The maximum atomic E-state index is 12.0. The number of nitrogens with one attached hydrogen (secondary N) is 1. The number of hydrogen-bond acceptors (Lipinski definition) is 6. The summed E-state index contributed by atoms with van der Waals surface area (Å²) in [5.74, 6) is 1.43. The van der Waals surface area contributed by atoms with Gasteiger partial charge >= 0.3 is 0 Å². The fraction of sp³-hybridized carbons (Fsp3) is 0.440. The Bertz CT molecular complexity index is 935. The predicted octanol–water partition coefficient (Wildman–Crippen LogP) is 4.38. The van der Waals surface area contributed by atoms with E-state index < -0.39 is 0 Å². The van der Waals surface area contributed by atoms with Crippen LogP contribution in [0.2, 0.25) is 0 Å². The zero-order chi connectivity index (χ0) is 22.0. The summed E-state index contributed by atoms with van der Waals surface area (Å²) >= 11 is 1.60. The molecule has 1 fully saturated rings. The number of hydrogen-bond donors (Lipinski definition) is 1. The molecule has 1 aromatic carbocycles. The van der Waals surface area contributed by atoms with E-state index in [1.54, 1.807) is 11.3 Å². The standard InChI is InChI=1S/C25H31N3O3S/c29-25(19-30-18-22-17-23(31-27-22)24-8-4-15-32-24)26-11-5-12-28-13-9-21(10-14-28)16-20-6-2-1-3-7-20/h1-4,6-8,15,17,21H,5,9-14,16,18-19H2,(H,26,29). The molecule has 1 aliphatic heterocycles. The van der Waals surface area contributed by atoms with Crippen molar-refractivity contribution < 1.29 is 14.1 Å². The van der Waals surface area contributed by atoms with Crippen LogP contribution in [-0.2, 0) is 22.6 Å². The normalized spacial score (nSPS) is 15.1. The average molecular weight is 454 g/mol. The van der Waals surface area contributed by atoms with Crippen molar-refractivity contribution in [2.45, 2.75) is 32.3 Å². The van der Waals surface area contributed by atoms with Gasteiger partial charge in [-0.1, -0.05) is 41.6 Å². The SMILES string of the molecule is O=C(COCc1cc(-c2cccs2)on1)NCCCN1CCC(Cc2ccccc2)CC1. The topological polar surface area (TPSA) is 67.6 Å². The lowest BCUT2D eigenvalue weighted by molar-refractivity contribution is -0.126. The van der Waals surface area contributed by atoms with E-state index in [0.29, 0.717) is 12.2 Å². The number of ether oxygens (including phenoxy) is 1. The quantitative estimate of drug-likeness (QED) is 0.437. The number of aromatic nitrogens is 1. The third kappa shape index (κ3) is 7.02. The molecule has 1 aliphatic rings. The highest BCUT2D eigenvalue weighted by Gasteiger charge is 2.19. The molecule has 0 saturated carbocycles. The first-order chi connectivity index (χ1) is 15.8. The molecule has 3 aromatic rings. The number of benzene rings is 1. The summed E-state index contributed by atoms with van der Waals surface area (Å²) in [7, 11) is 0. The minimum atomic E-state index is -0.0893. The highest BCUT2D eigenvalue weighted by Crippen LogP contribution is 2.25. The van der Waals surface area contributed by atoms with Crippen molar-refractivity contribution in [1.82, 2.24) is 15.4 Å². The minimum Gasteiger partial charge on any atom is -0.365 e. The number of likely N-dealkylation sites (tertiary alicyclic amines) is 1. The molecule has 32 heavy (non-hydrogen) atoms. The van der Waals surface area contributed by atoms with Crippen LogP contribution in [0.4, 0.5) is 0 Å². The molecule has 2 aromatic heterocycles. The van der Waals surface area contributed by atoms with E-state index in [2.05, 4.69) is 45.7 Å². The summed E-state index contributed by atoms with van der Waals surface area (Å²) in [6.45, 7) is 4.31. The summed E-state index contributed by atoms with van der Waals surface area (Å²) in [6, 6.07) is 16.6. The molecule has 0 radical (unpaired) electrons. The van der Waals surface area contributed by atoms with Crippen LogP contribution in [0.3, 0.4) is 0 Å². The Morgan fingerprint density at radius 2 is 2.03 bits per heavy atom. The van der Waals surface area contributed by atoms with Gasteiger partial charge in [0, 0.05) is 12.6 Å². The Morgan fingerprint density at radius 3 is 2.81 bits per heavy atom. The smallest absolute Gasteiger partial charge is 0.246 e. The molecule has 0 bridgehead atoms. The number of piperidine rings is 1. The Balaban J connectivity index is 1.04. The second-order valence-corrected chi connectivity index (χ2v) is 9.28. The van der Waals surface area contributed by atoms with Crippen LogP contribution in [0.25, 0.3) is 10.6 Å². The second kappa shape index (κ2) is 11.9. The van der Waals surface area contributed by atoms with E-state index in [4.69, 9.17) is 9.26 Å². The van der Waals surface area contributed by atoms with E-state index in [-0.39, 0.29) is 19.1 Å². The first kappa shape index (κ1) is 22.7. The van der Waals surface area contributed by atoms with Gasteiger partial charge < -0.3 is 19.5 Å². The molecule has 1 N–H and O–H groups in total. The summed E-state index contributed by atoms with van der Waals surface area (Å²) in [5.41, 5.74) is 2.14. The fourth-order valence-corrected chi connectivity index (χ4v) is 4.78. The molecule has 0 aliphatic carbocycles. The van der Waals surface area contributed by atoms with Gasteiger partial charge in [-0.15, -0.1) is 11.3 Å². The van der Waals surface area contributed by atoms with Crippen molar-refractivity contribution >= 4 is 17.2 Å². The van der Waals surface area contributed by atoms with Crippen molar-refractivity contribution in [2.75, 3.05) is 32.8 Å². The van der Waals surface area contributed by atoms with E-state index in [1.807, 2.05) is 23.6 Å². The van der Waals surface area contributed by atoms with E-state index in [0.717, 1.165) is 42.6 Å². The summed E-state index contributed by atoms with van der Waals surface area (Å²) in [5, 5.41) is 8.93. The fourth-order valence-electron chi connectivity index (χ4n) is 4.11. The third-order valence-electron chi connectivity index (χ3n) is 5.85. The molecular formula is C25H31N3O3S. The highest BCUT2D eigenvalue weighted by atomic mass is 32.1. The van der Waals surface area contributed by atoms with Gasteiger partial charge in [-0.05, 0) is 68.2 Å². The zero-order valence-electron chi connectivity index (χ0n) is 18.4. The highest BCUT2D eigenvalue weighted by molar-refractivity contribution is 7.13. The van der Waals surface area contributed by atoms with Gasteiger partial charge in [-0.25, -0.2) is 0 Å². The zero-order valence-corrected chi connectivity index (χ0v) is 19.2. The van der Waals surface area contributed by atoms with Crippen molar-refractivity contribution in [3.63, 3.8) is 0 Å². The number of amides is 1. The maximum Gasteiger partial charge on any atom is 0.246 e. The first-order valence-electron chi connectivity index (χ1n) is 11.4.